The van der Waals surface area contributed by atoms with Gasteiger partial charge in [-0.25, -0.2) is 5.01 Å². The molecule has 1 aliphatic heterocycles. The molecule has 3 aromatic carbocycles. The average molecular weight is 413 g/mol. The molecule has 0 saturated heterocycles. The summed E-state index contributed by atoms with van der Waals surface area (Å²) in [6.07, 6.45) is 0.476. The number of fused-ring (bicyclic) bond motifs is 3. The number of nitrogens with zero attached hydrogens (tertiary/aromatic N) is 2. The van der Waals surface area contributed by atoms with E-state index < -0.39 is 0 Å². The largest absolute Gasteiger partial charge is 0.495 e. The van der Waals surface area contributed by atoms with Crippen molar-refractivity contribution in [1.29, 1.82) is 0 Å². The number of para-hydroxylation sites is 2. The molecule has 4 aromatic rings. The van der Waals surface area contributed by atoms with Gasteiger partial charge in [0.25, 0.3) is 5.91 Å². The molecule has 0 aliphatic carbocycles. The number of hydrazone groups is 1. The van der Waals surface area contributed by atoms with Crippen molar-refractivity contribution >= 4 is 50.8 Å². The number of anilines is 2. The summed E-state index contributed by atoms with van der Waals surface area (Å²) in [5.74, 6) is -0.0222. The second kappa shape index (κ2) is 7.60. The van der Waals surface area contributed by atoms with Crippen LogP contribution in [0.15, 0.2) is 76.2 Å². The van der Waals surface area contributed by atoms with Crippen LogP contribution in [0.25, 0.3) is 21.9 Å². The molecule has 31 heavy (non-hydrogen) atoms. The molecular formula is C24H19N3O4. The zero-order valence-electron chi connectivity index (χ0n) is 16.8. The van der Waals surface area contributed by atoms with E-state index in [1.54, 1.807) is 25.3 Å². The van der Waals surface area contributed by atoms with Gasteiger partial charge in [-0.05, 0) is 24.3 Å². The highest BCUT2D eigenvalue weighted by molar-refractivity contribution is 6.44. The zero-order chi connectivity index (χ0) is 21.4. The molecule has 0 bridgehead atoms. The van der Waals surface area contributed by atoms with E-state index in [0.29, 0.717) is 22.7 Å². The first kappa shape index (κ1) is 18.9. The number of hydrogen-bond acceptors (Lipinski definition) is 5. The minimum atomic E-state index is -0.387. The fourth-order valence-electron chi connectivity index (χ4n) is 3.70. The maximum absolute atomic E-state index is 13.0. The minimum Gasteiger partial charge on any atom is -0.495 e. The monoisotopic (exact) mass is 413 g/mol. The van der Waals surface area contributed by atoms with Crippen LogP contribution in [0.5, 0.6) is 5.75 Å². The number of hydrogen-bond donors (Lipinski definition) is 1. The summed E-state index contributed by atoms with van der Waals surface area (Å²) in [4.78, 5) is 25.3. The van der Waals surface area contributed by atoms with Crippen molar-refractivity contribution < 1.29 is 18.7 Å². The molecule has 0 radical (unpaired) electrons. The fraction of sp³-hybridized carbons (Fsp3) is 0.125. The van der Waals surface area contributed by atoms with Gasteiger partial charge in [0.2, 0.25) is 5.91 Å². The Labute approximate surface area is 177 Å². The lowest BCUT2D eigenvalue weighted by Gasteiger charge is -2.23. The first-order valence-electron chi connectivity index (χ1n) is 9.90. The van der Waals surface area contributed by atoms with Gasteiger partial charge in [0, 0.05) is 29.7 Å². The summed E-state index contributed by atoms with van der Waals surface area (Å²) in [5.41, 5.74) is 2.78. The molecule has 0 atom stereocenters. The highest BCUT2D eigenvalue weighted by Gasteiger charge is 2.26. The third kappa shape index (κ3) is 3.40. The van der Waals surface area contributed by atoms with Crippen LogP contribution >= 0.6 is 0 Å². The Hall–Kier alpha value is -4.13. The van der Waals surface area contributed by atoms with Crippen LogP contribution in [-0.2, 0) is 9.59 Å². The van der Waals surface area contributed by atoms with Crippen molar-refractivity contribution in [3.8, 4) is 5.75 Å². The summed E-state index contributed by atoms with van der Waals surface area (Å²) in [7, 11) is 1.55. The smallest absolute Gasteiger partial charge is 0.271 e. The van der Waals surface area contributed by atoms with Crippen LogP contribution in [0, 0.1) is 0 Å². The van der Waals surface area contributed by atoms with Gasteiger partial charge in [0.15, 0.2) is 0 Å². The first-order chi connectivity index (χ1) is 15.1. The van der Waals surface area contributed by atoms with Gasteiger partial charge in [-0.2, -0.15) is 5.10 Å². The van der Waals surface area contributed by atoms with Gasteiger partial charge in [-0.15, -0.1) is 0 Å². The molecule has 0 unspecified atom stereocenters. The molecule has 0 spiro atoms. The lowest BCUT2D eigenvalue weighted by atomic mass is 10.1. The van der Waals surface area contributed by atoms with Crippen molar-refractivity contribution in [3.05, 3.63) is 66.7 Å². The lowest BCUT2D eigenvalue weighted by Crippen LogP contribution is -2.36. The third-order valence-corrected chi connectivity index (χ3v) is 5.24. The summed E-state index contributed by atoms with van der Waals surface area (Å²) in [5, 5.41) is 10.3. The van der Waals surface area contributed by atoms with Gasteiger partial charge in [-0.1, -0.05) is 36.4 Å². The van der Waals surface area contributed by atoms with E-state index in [1.807, 2.05) is 48.5 Å². The van der Waals surface area contributed by atoms with Gasteiger partial charge >= 0.3 is 0 Å². The molecule has 7 nitrogen and oxygen atoms in total. The van der Waals surface area contributed by atoms with E-state index in [-0.39, 0.29) is 30.4 Å². The third-order valence-electron chi connectivity index (χ3n) is 5.24. The van der Waals surface area contributed by atoms with Gasteiger partial charge in [-0.3, -0.25) is 9.59 Å². The Morgan fingerprint density at radius 1 is 1.00 bits per heavy atom. The quantitative estimate of drug-likeness (QED) is 0.525. The molecule has 0 saturated carbocycles. The number of methoxy groups -OCH3 is 1. The molecule has 1 aliphatic rings. The Bertz CT molecular complexity index is 1340. The number of amides is 2. The van der Waals surface area contributed by atoms with E-state index in [9.17, 15) is 9.59 Å². The number of carbonyl (C=O) groups is 2. The summed E-state index contributed by atoms with van der Waals surface area (Å²) in [6.45, 7) is 0. The minimum absolute atomic E-state index is 0.149. The standard InChI is InChI=1S/C24H19N3O4/c1-30-22-13-17-16-9-5-6-10-20(16)31-21(17)14-19(22)25-24(29)18-11-12-23(28)27(26-18)15-7-3-2-4-8-15/h2-10,13-14H,11-12H2,1H3,(H,25,29). The van der Waals surface area contributed by atoms with Crippen LogP contribution in [0.3, 0.4) is 0 Å². The van der Waals surface area contributed by atoms with E-state index >= 15 is 0 Å². The highest BCUT2D eigenvalue weighted by Crippen LogP contribution is 2.36. The first-order valence-corrected chi connectivity index (χ1v) is 9.90. The molecule has 1 N–H and O–H groups in total. The van der Waals surface area contributed by atoms with Crippen molar-refractivity contribution in [1.82, 2.24) is 0 Å². The van der Waals surface area contributed by atoms with Crippen molar-refractivity contribution in [2.24, 2.45) is 5.10 Å². The molecular weight excluding hydrogens is 394 g/mol. The Morgan fingerprint density at radius 2 is 1.77 bits per heavy atom. The number of nitrogens with one attached hydrogen (secondary N) is 1. The van der Waals surface area contributed by atoms with Gasteiger partial charge < -0.3 is 14.5 Å². The molecule has 0 fully saturated rings. The maximum atomic E-state index is 13.0. The van der Waals surface area contributed by atoms with Crippen LogP contribution in [0.1, 0.15) is 12.8 Å². The summed E-state index contributed by atoms with van der Waals surface area (Å²) >= 11 is 0. The maximum Gasteiger partial charge on any atom is 0.271 e. The topological polar surface area (TPSA) is 84.1 Å². The normalized spacial score (nSPS) is 14.0. The van der Waals surface area contributed by atoms with Crippen LogP contribution in [0.4, 0.5) is 11.4 Å². The second-order valence-corrected chi connectivity index (χ2v) is 7.19. The van der Waals surface area contributed by atoms with E-state index in [1.165, 1.54) is 5.01 Å². The van der Waals surface area contributed by atoms with E-state index in [0.717, 1.165) is 16.4 Å². The number of ether oxygens (including phenoxy) is 1. The lowest BCUT2D eigenvalue weighted by molar-refractivity contribution is -0.118. The number of carbonyl (C=O) groups excluding carboxylic acids is 2. The Balaban J connectivity index is 1.48. The predicted octanol–water partition coefficient (Wildman–Crippen LogP) is 4.72. The Morgan fingerprint density at radius 3 is 2.58 bits per heavy atom. The number of furan rings is 1. The SMILES string of the molecule is COc1cc2c(cc1NC(=O)C1=NN(c3ccccc3)C(=O)CC1)oc1ccccc12. The zero-order valence-corrected chi connectivity index (χ0v) is 16.8. The van der Waals surface area contributed by atoms with Crippen LogP contribution in [-0.4, -0.2) is 24.6 Å². The van der Waals surface area contributed by atoms with Crippen LogP contribution in [0.2, 0.25) is 0 Å². The molecule has 1 aromatic heterocycles. The van der Waals surface area contributed by atoms with Gasteiger partial charge in [0.1, 0.15) is 22.6 Å². The molecule has 7 heteroatoms. The van der Waals surface area contributed by atoms with Gasteiger partial charge in [0.05, 0.1) is 18.5 Å². The number of benzene rings is 3. The Kier molecular flexibility index (Phi) is 4.63. The van der Waals surface area contributed by atoms with E-state index in [2.05, 4.69) is 10.4 Å². The van der Waals surface area contributed by atoms with E-state index in [4.69, 9.17) is 9.15 Å². The molecule has 154 valence electrons. The van der Waals surface area contributed by atoms with Crippen molar-refractivity contribution in [2.75, 3.05) is 17.4 Å². The summed E-state index contributed by atoms with van der Waals surface area (Å²) < 4.78 is 11.4. The van der Waals surface area contributed by atoms with Crippen molar-refractivity contribution in [2.45, 2.75) is 12.8 Å². The second-order valence-electron chi connectivity index (χ2n) is 7.19. The predicted molar refractivity (Wildman–Crippen MR) is 119 cm³/mol. The fourth-order valence-corrected chi connectivity index (χ4v) is 3.70. The molecule has 5 rings (SSSR count). The average Bonchev–Trinajstić information content (AvgIpc) is 3.16. The van der Waals surface area contributed by atoms with Crippen LogP contribution < -0.4 is 15.1 Å². The number of rotatable bonds is 4. The molecule has 2 heterocycles. The highest BCUT2D eigenvalue weighted by atomic mass is 16.5. The molecule has 2 amide bonds. The summed E-state index contributed by atoms with van der Waals surface area (Å²) in [6, 6.07) is 20.4. The van der Waals surface area contributed by atoms with Crippen molar-refractivity contribution in [3.63, 3.8) is 0 Å².